The van der Waals surface area contributed by atoms with E-state index in [0.717, 1.165) is 36.4 Å². The number of carbonyl (C=O) groups is 1. The molecule has 0 heterocycles. The van der Waals surface area contributed by atoms with Crippen LogP contribution < -0.4 is 9.47 Å². The quantitative estimate of drug-likeness (QED) is 0.736. The molecule has 4 nitrogen and oxygen atoms in total. The molecule has 22 heavy (non-hydrogen) atoms. The van der Waals surface area contributed by atoms with Crippen molar-refractivity contribution in [3.8, 4) is 11.5 Å². The summed E-state index contributed by atoms with van der Waals surface area (Å²) in [6, 6.07) is 13.5. The Kier molecular flexibility index (Phi) is 5.55. The van der Waals surface area contributed by atoms with Crippen LogP contribution >= 0.6 is 0 Å². The average Bonchev–Trinajstić information content (AvgIpc) is 2.55. The van der Waals surface area contributed by atoms with E-state index in [0.29, 0.717) is 5.56 Å². The molecule has 0 amide bonds. The van der Waals surface area contributed by atoms with Gasteiger partial charge >= 0.3 is 0 Å². The number of hydrogen-bond donors (Lipinski definition) is 0. The molecular formula is C18H21NO3. The SMILES string of the molecule is COc1ccc(CN(C)Cc2ccc(C=O)cc2)c(OC)c1. The van der Waals surface area contributed by atoms with Gasteiger partial charge in [0.2, 0.25) is 0 Å². The zero-order valence-electron chi connectivity index (χ0n) is 13.2. The predicted molar refractivity (Wildman–Crippen MR) is 86.5 cm³/mol. The van der Waals surface area contributed by atoms with Crippen molar-refractivity contribution >= 4 is 6.29 Å². The van der Waals surface area contributed by atoms with E-state index in [-0.39, 0.29) is 0 Å². The van der Waals surface area contributed by atoms with Crippen molar-refractivity contribution in [1.82, 2.24) is 4.90 Å². The van der Waals surface area contributed by atoms with Crippen LogP contribution in [0.1, 0.15) is 21.5 Å². The molecule has 0 aromatic heterocycles. The lowest BCUT2D eigenvalue weighted by atomic mass is 10.1. The molecule has 0 aliphatic rings. The highest BCUT2D eigenvalue weighted by molar-refractivity contribution is 5.74. The van der Waals surface area contributed by atoms with Crippen molar-refractivity contribution in [2.45, 2.75) is 13.1 Å². The maximum Gasteiger partial charge on any atom is 0.150 e. The molecule has 116 valence electrons. The number of rotatable bonds is 7. The fraction of sp³-hybridized carbons (Fsp3) is 0.278. The van der Waals surface area contributed by atoms with Crippen LogP contribution in [0.25, 0.3) is 0 Å². The highest BCUT2D eigenvalue weighted by Gasteiger charge is 2.08. The first-order chi connectivity index (χ1) is 10.7. The Labute approximate surface area is 131 Å². The van der Waals surface area contributed by atoms with E-state index in [4.69, 9.17) is 9.47 Å². The van der Waals surface area contributed by atoms with Crippen LogP contribution in [-0.4, -0.2) is 32.5 Å². The summed E-state index contributed by atoms with van der Waals surface area (Å²) in [4.78, 5) is 12.9. The zero-order chi connectivity index (χ0) is 15.9. The Morgan fingerprint density at radius 2 is 1.73 bits per heavy atom. The molecule has 4 heteroatoms. The second-order valence-electron chi connectivity index (χ2n) is 5.21. The van der Waals surface area contributed by atoms with E-state index in [9.17, 15) is 4.79 Å². The number of ether oxygens (including phenoxy) is 2. The first kappa shape index (κ1) is 16.0. The summed E-state index contributed by atoms with van der Waals surface area (Å²) in [5.74, 6) is 1.61. The van der Waals surface area contributed by atoms with Crippen LogP contribution in [0.4, 0.5) is 0 Å². The molecule has 0 unspecified atom stereocenters. The van der Waals surface area contributed by atoms with Crippen LogP contribution in [0.5, 0.6) is 11.5 Å². The molecule has 0 aliphatic carbocycles. The van der Waals surface area contributed by atoms with E-state index < -0.39 is 0 Å². The Bertz CT molecular complexity index is 623. The molecule has 0 bridgehead atoms. The smallest absolute Gasteiger partial charge is 0.150 e. The van der Waals surface area contributed by atoms with E-state index in [1.165, 1.54) is 5.56 Å². The molecule has 2 aromatic rings. The second kappa shape index (κ2) is 7.61. The Morgan fingerprint density at radius 3 is 2.32 bits per heavy atom. The van der Waals surface area contributed by atoms with Crippen molar-refractivity contribution in [3.05, 3.63) is 59.2 Å². The maximum absolute atomic E-state index is 10.7. The van der Waals surface area contributed by atoms with Gasteiger partial charge in [-0.3, -0.25) is 9.69 Å². The summed E-state index contributed by atoms with van der Waals surface area (Å²) in [6.45, 7) is 1.57. The van der Waals surface area contributed by atoms with Gasteiger partial charge in [0.05, 0.1) is 14.2 Å². The standard InChI is InChI=1S/C18H21NO3/c1-19(11-14-4-6-15(13-20)7-5-14)12-16-8-9-17(21-2)10-18(16)22-3/h4-10,13H,11-12H2,1-3H3. The number of aldehydes is 1. The molecule has 0 saturated heterocycles. The van der Waals surface area contributed by atoms with E-state index >= 15 is 0 Å². The number of hydrogen-bond acceptors (Lipinski definition) is 4. The molecule has 0 radical (unpaired) electrons. The first-order valence-electron chi connectivity index (χ1n) is 7.10. The van der Waals surface area contributed by atoms with Crippen LogP contribution in [0.2, 0.25) is 0 Å². The van der Waals surface area contributed by atoms with E-state index in [2.05, 4.69) is 11.9 Å². The minimum atomic E-state index is 0.697. The van der Waals surface area contributed by atoms with Gasteiger partial charge in [0.1, 0.15) is 17.8 Å². The van der Waals surface area contributed by atoms with Crippen LogP contribution in [0.3, 0.4) is 0 Å². The highest BCUT2D eigenvalue weighted by atomic mass is 16.5. The van der Waals surface area contributed by atoms with Crippen molar-refractivity contribution in [1.29, 1.82) is 0 Å². The molecule has 0 aliphatic heterocycles. The van der Waals surface area contributed by atoms with Crippen LogP contribution in [-0.2, 0) is 13.1 Å². The molecule has 0 spiro atoms. The predicted octanol–water partition coefficient (Wildman–Crippen LogP) is 3.15. The fourth-order valence-electron chi connectivity index (χ4n) is 2.34. The van der Waals surface area contributed by atoms with Gasteiger partial charge in [-0.25, -0.2) is 0 Å². The summed E-state index contributed by atoms with van der Waals surface area (Å²) >= 11 is 0. The minimum Gasteiger partial charge on any atom is -0.497 e. The maximum atomic E-state index is 10.7. The number of nitrogens with zero attached hydrogens (tertiary/aromatic N) is 1. The summed E-state index contributed by atoms with van der Waals surface area (Å²) in [6.07, 6.45) is 0.857. The van der Waals surface area contributed by atoms with Gasteiger partial charge in [0, 0.05) is 30.3 Å². The molecule has 0 fully saturated rings. The third kappa shape index (κ3) is 4.09. The zero-order valence-corrected chi connectivity index (χ0v) is 13.2. The van der Waals surface area contributed by atoms with Gasteiger partial charge in [-0.1, -0.05) is 30.3 Å². The summed E-state index contributed by atoms with van der Waals surface area (Å²) in [7, 11) is 5.36. The normalized spacial score (nSPS) is 10.5. The second-order valence-corrected chi connectivity index (χ2v) is 5.21. The topological polar surface area (TPSA) is 38.8 Å². The number of carbonyl (C=O) groups excluding carboxylic acids is 1. The van der Waals surface area contributed by atoms with Crippen molar-refractivity contribution in [2.75, 3.05) is 21.3 Å². The average molecular weight is 299 g/mol. The monoisotopic (exact) mass is 299 g/mol. The molecule has 0 saturated carbocycles. The molecular weight excluding hydrogens is 278 g/mol. The van der Waals surface area contributed by atoms with Crippen molar-refractivity contribution in [3.63, 3.8) is 0 Å². The van der Waals surface area contributed by atoms with E-state index in [1.54, 1.807) is 14.2 Å². The van der Waals surface area contributed by atoms with Crippen LogP contribution in [0.15, 0.2) is 42.5 Å². The summed E-state index contributed by atoms with van der Waals surface area (Å²) in [5.41, 5.74) is 2.97. The van der Waals surface area contributed by atoms with Gasteiger partial charge in [0.25, 0.3) is 0 Å². The largest absolute Gasteiger partial charge is 0.497 e. The third-order valence-electron chi connectivity index (χ3n) is 3.50. The van der Waals surface area contributed by atoms with Gasteiger partial charge in [-0.05, 0) is 18.7 Å². The first-order valence-corrected chi connectivity index (χ1v) is 7.10. The van der Waals surface area contributed by atoms with Gasteiger partial charge in [0.15, 0.2) is 0 Å². The fourth-order valence-corrected chi connectivity index (χ4v) is 2.34. The summed E-state index contributed by atoms with van der Waals surface area (Å²) in [5, 5.41) is 0. The lowest BCUT2D eigenvalue weighted by Crippen LogP contribution is -2.17. The van der Waals surface area contributed by atoms with Crippen LogP contribution in [0, 0.1) is 0 Å². The molecule has 0 atom stereocenters. The summed E-state index contributed by atoms with van der Waals surface area (Å²) < 4.78 is 10.6. The van der Waals surface area contributed by atoms with Gasteiger partial charge in [-0.2, -0.15) is 0 Å². The number of methoxy groups -OCH3 is 2. The molecule has 2 rings (SSSR count). The number of benzene rings is 2. The van der Waals surface area contributed by atoms with Crippen molar-refractivity contribution < 1.29 is 14.3 Å². The third-order valence-corrected chi connectivity index (χ3v) is 3.50. The van der Waals surface area contributed by atoms with Crippen molar-refractivity contribution in [2.24, 2.45) is 0 Å². The molecule has 0 N–H and O–H groups in total. The Hall–Kier alpha value is -2.33. The lowest BCUT2D eigenvalue weighted by molar-refractivity contribution is 0.112. The van der Waals surface area contributed by atoms with E-state index in [1.807, 2.05) is 42.5 Å². The minimum absolute atomic E-state index is 0.697. The van der Waals surface area contributed by atoms with Gasteiger partial charge < -0.3 is 9.47 Å². The lowest BCUT2D eigenvalue weighted by Gasteiger charge is -2.19. The Morgan fingerprint density at radius 1 is 1.00 bits per heavy atom. The Balaban J connectivity index is 2.04. The highest BCUT2D eigenvalue weighted by Crippen LogP contribution is 2.25. The van der Waals surface area contributed by atoms with Gasteiger partial charge in [-0.15, -0.1) is 0 Å². The molecule has 2 aromatic carbocycles.